The van der Waals surface area contributed by atoms with Gasteiger partial charge in [0.15, 0.2) is 0 Å². The van der Waals surface area contributed by atoms with E-state index < -0.39 is 12.1 Å². The second kappa shape index (κ2) is 8.54. The number of urea groups is 1. The van der Waals surface area contributed by atoms with Crippen LogP contribution in [0.3, 0.4) is 0 Å². The molecule has 2 aliphatic heterocycles. The summed E-state index contributed by atoms with van der Waals surface area (Å²) in [5.74, 6) is -0.556. The molecule has 2 saturated heterocycles. The molecule has 1 atom stereocenters. The van der Waals surface area contributed by atoms with E-state index >= 15 is 0 Å². The van der Waals surface area contributed by atoms with Gasteiger partial charge >= 0.3 is 6.03 Å². The van der Waals surface area contributed by atoms with Crippen molar-refractivity contribution in [2.75, 3.05) is 39.3 Å². The van der Waals surface area contributed by atoms with Gasteiger partial charge in [-0.3, -0.25) is 19.4 Å². The van der Waals surface area contributed by atoms with Crippen molar-refractivity contribution in [3.05, 3.63) is 47.5 Å². The van der Waals surface area contributed by atoms with E-state index in [0.29, 0.717) is 18.1 Å². The van der Waals surface area contributed by atoms with Gasteiger partial charge in [0.25, 0.3) is 0 Å². The lowest BCUT2D eigenvalue weighted by molar-refractivity contribution is -0.140. The first-order valence-electron chi connectivity index (χ1n) is 8.95. The molecule has 144 valence electrons. The molecule has 0 aliphatic carbocycles. The van der Waals surface area contributed by atoms with Crippen LogP contribution in [0.4, 0.5) is 4.79 Å². The number of carbonyl (C=O) groups excluding carboxylic acids is 3. The third-order valence-electron chi connectivity index (χ3n) is 4.90. The lowest BCUT2D eigenvalue weighted by Crippen LogP contribution is -2.56. The van der Waals surface area contributed by atoms with E-state index in [0.717, 1.165) is 30.1 Å². The maximum Gasteiger partial charge on any atom is 0.325 e. The van der Waals surface area contributed by atoms with Gasteiger partial charge in [-0.2, -0.15) is 0 Å². The standard InChI is InChI=1S/C19H23ClN4O3/c1-2-7-22-8-10-23(11-9-22)18(26)13-24-17(25)12-16(21-19(24)27)14-3-5-15(20)6-4-14/h2-6,16H,1,7-13H2,(H,21,27)/t16-/m0/s1. The van der Waals surface area contributed by atoms with Gasteiger partial charge in [0.05, 0.1) is 12.5 Å². The van der Waals surface area contributed by atoms with Crippen molar-refractivity contribution in [1.82, 2.24) is 20.0 Å². The number of hydrogen-bond acceptors (Lipinski definition) is 4. The molecule has 0 aromatic heterocycles. The number of imide groups is 1. The summed E-state index contributed by atoms with van der Waals surface area (Å²) in [7, 11) is 0. The molecule has 1 N–H and O–H groups in total. The Morgan fingerprint density at radius 3 is 2.44 bits per heavy atom. The molecule has 2 aliphatic rings. The molecule has 1 aromatic carbocycles. The molecule has 7 nitrogen and oxygen atoms in total. The summed E-state index contributed by atoms with van der Waals surface area (Å²) < 4.78 is 0. The summed E-state index contributed by atoms with van der Waals surface area (Å²) in [5, 5.41) is 3.39. The van der Waals surface area contributed by atoms with E-state index in [1.54, 1.807) is 29.2 Å². The van der Waals surface area contributed by atoms with Crippen molar-refractivity contribution >= 4 is 29.4 Å². The number of nitrogens with zero attached hydrogens (tertiary/aromatic N) is 3. The summed E-state index contributed by atoms with van der Waals surface area (Å²) in [6, 6.07) is 6.06. The van der Waals surface area contributed by atoms with E-state index in [4.69, 9.17) is 11.6 Å². The van der Waals surface area contributed by atoms with Crippen LogP contribution in [0.25, 0.3) is 0 Å². The fourth-order valence-electron chi connectivity index (χ4n) is 3.33. The number of piperazine rings is 1. The van der Waals surface area contributed by atoms with Crippen LogP contribution in [0.15, 0.2) is 36.9 Å². The Balaban J connectivity index is 1.56. The van der Waals surface area contributed by atoms with Crippen molar-refractivity contribution < 1.29 is 14.4 Å². The smallest absolute Gasteiger partial charge is 0.325 e. The molecule has 0 bridgehead atoms. The number of hydrogen-bond donors (Lipinski definition) is 1. The first-order valence-corrected chi connectivity index (χ1v) is 9.33. The minimum atomic E-state index is -0.537. The van der Waals surface area contributed by atoms with Crippen LogP contribution in [0.5, 0.6) is 0 Å². The van der Waals surface area contributed by atoms with E-state index in [2.05, 4.69) is 16.8 Å². The molecule has 0 saturated carbocycles. The van der Waals surface area contributed by atoms with Crippen LogP contribution >= 0.6 is 11.6 Å². The number of halogens is 1. The Bertz CT molecular complexity index is 711. The van der Waals surface area contributed by atoms with Crippen LogP contribution in [0.2, 0.25) is 5.02 Å². The summed E-state index contributed by atoms with van der Waals surface area (Å²) in [6.07, 6.45) is 1.96. The minimum absolute atomic E-state index is 0.119. The predicted molar refractivity (Wildman–Crippen MR) is 102 cm³/mol. The summed E-state index contributed by atoms with van der Waals surface area (Å²) >= 11 is 5.88. The highest BCUT2D eigenvalue weighted by Crippen LogP contribution is 2.23. The second-order valence-electron chi connectivity index (χ2n) is 6.71. The first kappa shape index (κ1) is 19.4. The van der Waals surface area contributed by atoms with Gasteiger partial charge in [0.2, 0.25) is 11.8 Å². The third kappa shape index (κ3) is 4.67. The van der Waals surface area contributed by atoms with Crippen molar-refractivity contribution in [3.8, 4) is 0 Å². The highest BCUT2D eigenvalue weighted by atomic mass is 35.5. The number of rotatable bonds is 5. The van der Waals surface area contributed by atoms with Crippen LogP contribution in [-0.2, 0) is 9.59 Å². The van der Waals surface area contributed by atoms with Gasteiger partial charge in [-0.05, 0) is 17.7 Å². The van der Waals surface area contributed by atoms with Crippen molar-refractivity contribution in [1.29, 1.82) is 0 Å². The van der Waals surface area contributed by atoms with Crippen LogP contribution < -0.4 is 5.32 Å². The molecule has 0 spiro atoms. The van der Waals surface area contributed by atoms with Crippen LogP contribution in [0, 0.1) is 0 Å². The Morgan fingerprint density at radius 2 is 1.85 bits per heavy atom. The van der Waals surface area contributed by atoms with Gasteiger partial charge in [0, 0.05) is 37.7 Å². The predicted octanol–water partition coefficient (Wildman–Crippen LogP) is 1.65. The van der Waals surface area contributed by atoms with E-state index in [-0.39, 0.29) is 24.8 Å². The fourth-order valence-corrected chi connectivity index (χ4v) is 3.46. The normalized spacial score (nSPS) is 21.1. The fraction of sp³-hybridized carbons (Fsp3) is 0.421. The summed E-state index contributed by atoms with van der Waals surface area (Å²) in [5.41, 5.74) is 0.811. The largest absolute Gasteiger partial charge is 0.339 e. The monoisotopic (exact) mass is 390 g/mol. The zero-order chi connectivity index (χ0) is 19.4. The second-order valence-corrected chi connectivity index (χ2v) is 7.14. The average Bonchev–Trinajstić information content (AvgIpc) is 2.66. The molecule has 0 unspecified atom stereocenters. The van der Waals surface area contributed by atoms with Crippen molar-refractivity contribution in [3.63, 3.8) is 0 Å². The number of carbonyl (C=O) groups is 3. The lowest BCUT2D eigenvalue weighted by Gasteiger charge is -2.36. The molecule has 27 heavy (non-hydrogen) atoms. The number of benzene rings is 1. The lowest BCUT2D eigenvalue weighted by atomic mass is 10.0. The molecule has 3 rings (SSSR count). The zero-order valence-corrected chi connectivity index (χ0v) is 15.8. The third-order valence-corrected chi connectivity index (χ3v) is 5.15. The average molecular weight is 391 g/mol. The van der Waals surface area contributed by atoms with Gasteiger partial charge in [-0.25, -0.2) is 4.79 Å². The Labute approximate surface area is 163 Å². The molecule has 1 aromatic rings. The van der Waals surface area contributed by atoms with Gasteiger partial charge in [-0.1, -0.05) is 29.8 Å². The highest BCUT2D eigenvalue weighted by molar-refractivity contribution is 6.30. The zero-order valence-electron chi connectivity index (χ0n) is 15.1. The van der Waals surface area contributed by atoms with Gasteiger partial charge < -0.3 is 10.2 Å². The Morgan fingerprint density at radius 1 is 1.19 bits per heavy atom. The van der Waals surface area contributed by atoms with Crippen molar-refractivity contribution in [2.24, 2.45) is 0 Å². The molecule has 0 radical (unpaired) electrons. The number of amides is 4. The summed E-state index contributed by atoms with van der Waals surface area (Å²) in [6.45, 7) is 6.98. The van der Waals surface area contributed by atoms with Gasteiger partial charge in [-0.15, -0.1) is 6.58 Å². The van der Waals surface area contributed by atoms with Crippen LogP contribution in [0.1, 0.15) is 18.0 Å². The number of nitrogens with one attached hydrogen (secondary N) is 1. The maximum atomic E-state index is 12.5. The maximum absolute atomic E-state index is 12.5. The highest BCUT2D eigenvalue weighted by Gasteiger charge is 2.35. The Hall–Kier alpha value is -2.38. The SMILES string of the molecule is C=CCN1CCN(C(=O)CN2C(=O)C[C@@H](c3ccc(Cl)cc3)NC2=O)CC1. The van der Waals surface area contributed by atoms with E-state index in [9.17, 15) is 14.4 Å². The molecule has 2 fully saturated rings. The van der Waals surface area contributed by atoms with Gasteiger partial charge in [0.1, 0.15) is 6.54 Å². The topological polar surface area (TPSA) is 73.0 Å². The minimum Gasteiger partial charge on any atom is -0.339 e. The molecule has 8 heteroatoms. The van der Waals surface area contributed by atoms with Crippen LogP contribution in [-0.4, -0.2) is 71.8 Å². The molecule has 2 heterocycles. The molecular formula is C19H23ClN4O3. The first-order chi connectivity index (χ1) is 13.0. The Kier molecular flexibility index (Phi) is 6.13. The van der Waals surface area contributed by atoms with E-state index in [1.165, 1.54) is 0 Å². The van der Waals surface area contributed by atoms with E-state index in [1.807, 2.05) is 6.08 Å². The van der Waals surface area contributed by atoms with Crippen molar-refractivity contribution in [2.45, 2.75) is 12.5 Å². The quantitative estimate of drug-likeness (QED) is 0.776. The molecule has 4 amide bonds. The summed E-state index contributed by atoms with van der Waals surface area (Å²) in [4.78, 5) is 42.3. The molecular weight excluding hydrogens is 368 g/mol.